The Kier molecular flexibility index (Phi) is 3.79. The van der Waals surface area contributed by atoms with E-state index in [1.807, 2.05) is 13.8 Å². The minimum Gasteiger partial charge on any atom is -0.342 e. The Balaban J connectivity index is 1.86. The van der Waals surface area contributed by atoms with Crippen molar-refractivity contribution in [2.75, 3.05) is 18.0 Å². The van der Waals surface area contributed by atoms with Crippen LogP contribution in [0.5, 0.6) is 0 Å². The highest BCUT2D eigenvalue weighted by molar-refractivity contribution is 6.01. The molecule has 0 aromatic heterocycles. The first kappa shape index (κ1) is 15.5. The van der Waals surface area contributed by atoms with Gasteiger partial charge in [0.1, 0.15) is 0 Å². The Hall–Kier alpha value is -2.44. The fraction of sp³-hybridized carbons (Fsp3) is 0.500. The van der Waals surface area contributed by atoms with E-state index in [4.69, 9.17) is 0 Å². The van der Waals surface area contributed by atoms with Crippen LogP contribution < -0.4 is 4.90 Å². The number of fused-ring (bicyclic) bond motifs is 1. The molecule has 0 radical (unpaired) electrons. The molecule has 0 saturated carbocycles. The van der Waals surface area contributed by atoms with E-state index in [1.165, 1.54) is 12.1 Å². The number of anilines is 1. The predicted molar refractivity (Wildman–Crippen MR) is 84.1 cm³/mol. The molecule has 7 nitrogen and oxygen atoms in total. The van der Waals surface area contributed by atoms with Crippen molar-refractivity contribution < 1.29 is 14.5 Å². The molecule has 0 unspecified atom stereocenters. The van der Waals surface area contributed by atoms with Crippen LogP contribution in [0.15, 0.2) is 18.2 Å². The van der Waals surface area contributed by atoms with Gasteiger partial charge in [0.05, 0.1) is 10.8 Å². The van der Waals surface area contributed by atoms with Crippen LogP contribution in [0.1, 0.15) is 25.8 Å². The van der Waals surface area contributed by atoms with Crippen LogP contribution in [0, 0.1) is 16.0 Å². The first-order chi connectivity index (χ1) is 10.9. The maximum Gasteiger partial charge on any atom is 0.269 e. The smallest absolute Gasteiger partial charge is 0.269 e. The number of benzene rings is 1. The molecule has 1 aromatic rings. The van der Waals surface area contributed by atoms with E-state index in [0.29, 0.717) is 19.5 Å². The summed E-state index contributed by atoms with van der Waals surface area (Å²) < 4.78 is 0. The van der Waals surface area contributed by atoms with Gasteiger partial charge in [-0.1, -0.05) is 0 Å². The lowest BCUT2D eigenvalue weighted by Crippen LogP contribution is -2.41. The van der Waals surface area contributed by atoms with Gasteiger partial charge in [0.2, 0.25) is 11.8 Å². The van der Waals surface area contributed by atoms with Crippen molar-refractivity contribution in [1.29, 1.82) is 0 Å². The van der Waals surface area contributed by atoms with E-state index in [2.05, 4.69) is 0 Å². The molecular weight excluding hydrogens is 298 g/mol. The molecule has 3 rings (SSSR count). The molecule has 7 heteroatoms. The third-order valence-corrected chi connectivity index (χ3v) is 4.67. The number of amides is 2. The molecule has 0 aliphatic carbocycles. The van der Waals surface area contributed by atoms with Crippen LogP contribution in [-0.4, -0.2) is 40.8 Å². The van der Waals surface area contributed by atoms with Gasteiger partial charge in [0.25, 0.3) is 5.69 Å². The van der Waals surface area contributed by atoms with Crippen LogP contribution in [0.2, 0.25) is 0 Å². The lowest BCUT2D eigenvalue weighted by atomic mass is 10.1. The quantitative estimate of drug-likeness (QED) is 0.628. The van der Waals surface area contributed by atoms with Crippen LogP contribution in [0.25, 0.3) is 0 Å². The van der Waals surface area contributed by atoms with Gasteiger partial charge in [0.15, 0.2) is 0 Å². The summed E-state index contributed by atoms with van der Waals surface area (Å²) in [6.07, 6.45) is 0.846. The molecule has 2 atom stereocenters. The van der Waals surface area contributed by atoms with Crippen molar-refractivity contribution >= 4 is 23.2 Å². The average molecular weight is 317 g/mol. The Morgan fingerprint density at radius 1 is 1.39 bits per heavy atom. The lowest BCUT2D eigenvalue weighted by Gasteiger charge is -2.25. The summed E-state index contributed by atoms with van der Waals surface area (Å²) in [5.74, 6) is -0.373. The zero-order valence-corrected chi connectivity index (χ0v) is 13.2. The van der Waals surface area contributed by atoms with Gasteiger partial charge < -0.3 is 9.80 Å². The minimum atomic E-state index is -0.426. The van der Waals surface area contributed by atoms with Crippen LogP contribution in [0.3, 0.4) is 0 Å². The van der Waals surface area contributed by atoms with Gasteiger partial charge >= 0.3 is 0 Å². The van der Waals surface area contributed by atoms with Crippen molar-refractivity contribution in [3.05, 3.63) is 33.9 Å². The van der Waals surface area contributed by atoms with Crippen molar-refractivity contribution in [2.45, 2.75) is 32.7 Å². The number of carbonyl (C=O) groups excluding carboxylic acids is 2. The second kappa shape index (κ2) is 5.64. The van der Waals surface area contributed by atoms with E-state index in [9.17, 15) is 19.7 Å². The van der Waals surface area contributed by atoms with Gasteiger partial charge in [-0.2, -0.15) is 0 Å². The molecule has 1 aromatic carbocycles. The standard InChI is InChI=1S/C16H19N3O4/c1-3-17-9-12(8-15(17)20)16(21)18-10(2)6-11-7-13(19(22)23)4-5-14(11)18/h4-5,7,10,12H,3,6,8-9H2,1-2H3/t10-,12-/m1/s1. The number of nitro groups is 1. The number of rotatable bonds is 3. The topological polar surface area (TPSA) is 83.8 Å². The average Bonchev–Trinajstić information content (AvgIpc) is 3.04. The largest absolute Gasteiger partial charge is 0.342 e. The summed E-state index contributed by atoms with van der Waals surface area (Å²) in [6.45, 7) is 4.90. The maximum atomic E-state index is 12.9. The first-order valence-corrected chi connectivity index (χ1v) is 7.80. The summed E-state index contributed by atoms with van der Waals surface area (Å²) in [6, 6.07) is 4.56. The van der Waals surface area contributed by atoms with Gasteiger partial charge in [-0.3, -0.25) is 19.7 Å². The SMILES string of the molecule is CCN1C[C@H](C(=O)N2c3ccc([N+](=O)[O-])cc3C[C@H]2C)CC1=O. The first-order valence-electron chi connectivity index (χ1n) is 7.80. The molecular formula is C16H19N3O4. The molecule has 2 heterocycles. The van der Waals surface area contributed by atoms with Gasteiger partial charge in [0, 0.05) is 43.4 Å². The summed E-state index contributed by atoms with van der Waals surface area (Å²) in [5.41, 5.74) is 1.59. The van der Waals surface area contributed by atoms with Crippen LogP contribution in [0.4, 0.5) is 11.4 Å². The minimum absolute atomic E-state index is 0.0154. The molecule has 0 bridgehead atoms. The van der Waals surface area contributed by atoms with Crippen molar-refractivity contribution in [3.63, 3.8) is 0 Å². The highest BCUT2D eigenvalue weighted by Crippen LogP contribution is 2.36. The fourth-order valence-electron chi connectivity index (χ4n) is 3.51. The molecule has 23 heavy (non-hydrogen) atoms. The maximum absolute atomic E-state index is 12.9. The summed E-state index contributed by atoms with van der Waals surface area (Å²) in [4.78, 5) is 38.6. The van der Waals surface area contributed by atoms with Crippen molar-refractivity contribution in [1.82, 2.24) is 4.90 Å². The Labute approximate surface area is 134 Å². The molecule has 1 saturated heterocycles. The number of nitrogens with zero attached hydrogens (tertiary/aromatic N) is 3. The zero-order chi connectivity index (χ0) is 16.7. The van der Waals surface area contributed by atoms with E-state index in [-0.39, 0.29) is 35.9 Å². The fourth-order valence-corrected chi connectivity index (χ4v) is 3.51. The van der Waals surface area contributed by atoms with Gasteiger partial charge in [-0.15, -0.1) is 0 Å². The monoisotopic (exact) mass is 317 g/mol. The zero-order valence-electron chi connectivity index (χ0n) is 13.2. The predicted octanol–water partition coefficient (Wildman–Crippen LogP) is 1.74. The van der Waals surface area contributed by atoms with Crippen molar-refractivity contribution in [3.8, 4) is 0 Å². The normalized spacial score (nSPS) is 23.3. The third-order valence-electron chi connectivity index (χ3n) is 4.67. The second-order valence-corrected chi connectivity index (χ2v) is 6.16. The Morgan fingerprint density at radius 2 is 2.13 bits per heavy atom. The summed E-state index contributed by atoms with van der Waals surface area (Å²) in [5, 5.41) is 10.9. The van der Waals surface area contributed by atoms with Gasteiger partial charge in [-0.05, 0) is 31.9 Å². The van der Waals surface area contributed by atoms with Crippen molar-refractivity contribution in [2.24, 2.45) is 5.92 Å². The number of carbonyl (C=O) groups is 2. The number of nitro benzene ring substituents is 1. The Morgan fingerprint density at radius 3 is 2.74 bits per heavy atom. The third kappa shape index (κ3) is 2.56. The van der Waals surface area contributed by atoms with Crippen LogP contribution >= 0.6 is 0 Å². The molecule has 0 spiro atoms. The highest BCUT2D eigenvalue weighted by atomic mass is 16.6. The molecule has 2 aliphatic heterocycles. The molecule has 0 N–H and O–H groups in total. The van der Waals surface area contributed by atoms with Crippen LogP contribution in [-0.2, 0) is 16.0 Å². The Bertz CT molecular complexity index is 688. The highest BCUT2D eigenvalue weighted by Gasteiger charge is 2.40. The number of non-ortho nitro benzene ring substituents is 1. The van der Waals surface area contributed by atoms with E-state index >= 15 is 0 Å². The molecule has 2 aliphatic rings. The molecule has 122 valence electrons. The molecule has 1 fully saturated rings. The summed E-state index contributed by atoms with van der Waals surface area (Å²) in [7, 11) is 0. The lowest BCUT2D eigenvalue weighted by molar-refractivity contribution is -0.384. The second-order valence-electron chi connectivity index (χ2n) is 6.16. The van der Waals surface area contributed by atoms with E-state index in [0.717, 1.165) is 11.3 Å². The van der Waals surface area contributed by atoms with E-state index < -0.39 is 4.92 Å². The van der Waals surface area contributed by atoms with Gasteiger partial charge in [-0.25, -0.2) is 0 Å². The number of hydrogen-bond acceptors (Lipinski definition) is 4. The van der Waals surface area contributed by atoms with E-state index in [1.54, 1.807) is 15.9 Å². The number of hydrogen-bond donors (Lipinski definition) is 0. The number of likely N-dealkylation sites (tertiary alicyclic amines) is 1. The summed E-state index contributed by atoms with van der Waals surface area (Å²) >= 11 is 0. The molecule has 2 amide bonds.